The lowest BCUT2D eigenvalue weighted by Crippen LogP contribution is -2.03. The maximum absolute atomic E-state index is 13.0. The average Bonchev–Trinajstić information content (AvgIpc) is 2.82. The lowest BCUT2D eigenvalue weighted by Gasteiger charge is -2.03. The minimum absolute atomic E-state index is 0.00666. The Morgan fingerprint density at radius 2 is 2.06 bits per heavy atom. The van der Waals surface area contributed by atoms with Gasteiger partial charge in [-0.15, -0.1) is 0 Å². The number of benzene rings is 1. The number of halogens is 1. The monoisotopic (exact) mass is 246 g/mol. The Balaban J connectivity index is 2.41. The van der Waals surface area contributed by atoms with Crippen LogP contribution in [0.5, 0.6) is 5.75 Å². The smallest absolute Gasteiger partial charge is 0.351 e. The highest BCUT2D eigenvalue weighted by molar-refractivity contribution is 5.89. The second-order valence-corrected chi connectivity index (χ2v) is 3.73. The number of aromatic hydroxyl groups is 1. The number of hydrogen-bond donors (Lipinski definition) is 1. The molecule has 0 fully saturated rings. The van der Waals surface area contributed by atoms with E-state index in [1.165, 1.54) is 24.5 Å². The van der Waals surface area contributed by atoms with Crippen molar-refractivity contribution >= 4 is 11.0 Å². The van der Waals surface area contributed by atoms with Crippen LogP contribution in [0.1, 0.15) is 0 Å². The maximum Gasteiger partial charge on any atom is 0.351 e. The third-order valence-electron chi connectivity index (χ3n) is 2.61. The molecule has 3 rings (SSSR count). The van der Waals surface area contributed by atoms with Crippen molar-refractivity contribution in [2.75, 3.05) is 0 Å². The molecule has 1 aromatic carbocycles. The number of furan rings is 1. The van der Waals surface area contributed by atoms with Crippen LogP contribution < -0.4 is 5.63 Å². The third kappa shape index (κ3) is 1.48. The summed E-state index contributed by atoms with van der Waals surface area (Å²) in [5.41, 5.74) is -0.854. The van der Waals surface area contributed by atoms with E-state index < -0.39 is 11.4 Å². The Morgan fingerprint density at radius 3 is 2.78 bits per heavy atom. The van der Waals surface area contributed by atoms with Gasteiger partial charge in [0.05, 0.1) is 11.6 Å². The van der Waals surface area contributed by atoms with Crippen LogP contribution >= 0.6 is 0 Å². The van der Waals surface area contributed by atoms with Crippen molar-refractivity contribution in [3.05, 3.63) is 52.8 Å². The van der Waals surface area contributed by atoms with Crippen LogP contribution in [-0.4, -0.2) is 5.11 Å². The van der Waals surface area contributed by atoms with Crippen molar-refractivity contribution < 1.29 is 18.3 Å². The summed E-state index contributed by atoms with van der Waals surface area (Å²) in [5, 5.41) is 10.3. The fourth-order valence-corrected chi connectivity index (χ4v) is 1.80. The highest BCUT2D eigenvalue weighted by Gasteiger charge is 2.17. The first kappa shape index (κ1) is 10.6. The molecule has 90 valence electrons. The van der Waals surface area contributed by atoms with Crippen LogP contribution in [0.25, 0.3) is 22.3 Å². The normalized spacial score (nSPS) is 10.9. The van der Waals surface area contributed by atoms with Gasteiger partial charge in [-0.25, -0.2) is 9.18 Å². The van der Waals surface area contributed by atoms with Gasteiger partial charge >= 0.3 is 5.63 Å². The fraction of sp³-hybridized carbons (Fsp3) is 0. The van der Waals surface area contributed by atoms with Crippen molar-refractivity contribution in [1.29, 1.82) is 0 Å². The molecule has 0 unspecified atom stereocenters. The molecule has 0 radical (unpaired) electrons. The molecule has 5 heteroatoms. The summed E-state index contributed by atoms with van der Waals surface area (Å²) in [6, 6.07) is 6.68. The Bertz CT molecular complexity index is 772. The second kappa shape index (κ2) is 3.73. The van der Waals surface area contributed by atoms with Crippen LogP contribution in [0.4, 0.5) is 4.39 Å². The van der Waals surface area contributed by atoms with E-state index in [2.05, 4.69) is 0 Å². The summed E-state index contributed by atoms with van der Waals surface area (Å²) >= 11 is 0. The average molecular weight is 246 g/mol. The zero-order chi connectivity index (χ0) is 12.7. The molecule has 3 aromatic rings. The zero-order valence-corrected chi connectivity index (χ0v) is 9.01. The van der Waals surface area contributed by atoms with E-state index in [0.29, 0.717) is 0 Å². The van der Waals surface area contributed by atoms with Crippen molar-refractivity contribution in [3.63, 3.8) is 0 Å². The topological polar surface area (TPSA) is 63.6 Å². The molecule has 18 heavy (non-hydrogen) atoms. The van der Waals surface area contributed by atoms with Crippen LogP contribution in [0.15, 0.2) is 50.2 Å². The summed E-state index contributed by atoms with van der Waals surface area (Å²) in [6.07, 6.45) is 1.38. The van der Waals surface area contributed by atoms with Crippen molar-refractivity contribution in [1.82, 2.24) is 0 Å². The Morgan fingerprint density at radius 1 is 1.22 bits per heavy atom. The molecule has 0 aliphatic heterocycles. The van der Waals surface area contributed by atoms with Crippen LogP contribution in [0.3, 0.4) is 0 Å². The molecule has 0 aliphatic carbocycles. The minimum atomic E-state index is -0.777. The van der Waals surface area contributed by atoms with Crippen molar-refractivity contribution in [2.24, 2.45) is 0 Å². The molecule has 0 amide bonds. The number of rotatable bonds is 1. The van der Waals surface area contributed by atoms with E-state index in [9.17, 15) is 14.3 Å². The van der Waals surface area contributed by atoms with Gasteiger partial charge in [-0.3, -0.25) is 0 Å². The molecule has 1 N–H and O–H groups in total. The molecule has 2 aromatic heterocycles. The van der Waals surface area contributed by atoms with Gasteiger partial charge in [-0.1, -0.05) is 0 Å². The number of hydrogen-bond acceptors (Lipinski definition) is 4. The number of fused-ring (bicyclic) bond motifs is 1. The molecule has 0 aliphatic rings. The summed E-state index contributed by atoms with van der Waals surface area (Å²) in [6.45, 7) is 0. The largest absolute Gasteiger partial charge is 0.506 e. The molecule has 0 atom stereocenters. The third-order valence-corrected chi connectivity index (χ3v) is 2.61. The van der Waals surface area contributed by atoms with E-state index in [1.807, 2.05) is 0 Å². The standard InChI is InChI=1S/C13H7FO4/c14-7-3-4-8-10(6-7)18-13(16)11(12(8)15)9-2-1-5-17-9/h1-6,15H. The van der Waals surface area contributed by atoms with Gasteiger partial charge in [-0.05, 0) is 24.3 Å². The van der Waals surface area contributed by atoms with Gasteiger partial charge in [0.2, 0.25) is 0 Å². The summed E-state index contributed by atoms with van der Waals surface area (Å²) < 4.78 is 23.0. The first-order valence-electron chi connectivity index (χ1n) is 5.16. The summed E-state index contributed by atoms with van der Waals surface area (Å²) in [5.74, 6) is -0.625. The molecule has 0 spiro atoms. The summed E-state index contributed by atoms with van der Waals surface area (Å²) in [7, 11) is 0. The molecular weight excluding hydrogens is 239 g/mol. The van der Waals surface area contributed by atoms with Crippen LogP contribution in [0.2, 0.25) is 0 Å². The van der Waals surface area contributed by atoms with Crippen molar-refractivity contribution in [2.45, 2.75) is 0 Å². The predicted molar refractivity (Wildman–Crippen MR) is 61.8 cm³/mol. The van der Waals surface area contributed by atoms with E-state index >= 15 is 0 Å². The lowest BCUT2D eigenvalue weighted by molar-refractivity contribution is 0.465. The molecule has 0 bridgehead atoms. The van der Waals surface area contributed by atoms with E-state index in [4.69, 9.17) is 8.83 Å². The lowest BCUT2D eigenvalue weighted by atomic mass is 10.1. The first-order valence-corrected chi connectivity index (χ1v) is 5.16. The quantitative estimate of drug-likeness (QED) is 0.670. The van der Waals surface area contributed by atoms with Crippen LogP contribution in [-0.2, 0) is 0 Å². The first-order chi connectivity index (χ1) is 8.66. The molecule has 0 saturated carbocycles. The second-order valence-electron chi connectivity index (χ2n) is 3.73. The van der Waals surface area contributed by atoms with Gasteiger partial charge in [0.15, 0.2) is 0 Å². The highest BCUT2D eigenvalue weighted by atomic mass is 19.1. The van der Waals surface area contributed by atoms with Gasteiger partial charge < -0.3 is 13.9 Å². The van der Waals surface area contributed by atoms with E-state index in [1.54, 1.807) is 6.07 Å². The fourth-order valence-electron chi connectivity index (χ4n) is 1.80. The van der Waals surface area contributed by atoms with Gasteiger partial charge in [0, 0.05) is 6.07 Å². The molecule has 4 nitrogen and oxygen atoms in total. The maximum atomic E-state index is 13.0. The van der Waals surface area contributed by atoms with Crippen molar-refractivity contribution in [3.8, 4) is 17.1 Å². The van der Waals surface area contributed by atoms with E-state index in [0.717, 1.165) is 6.07 Å². The Kier molecular flexibility index (Phi) is 2.19. The van der Waals surface area contributed by atoms with Gasteiger partial charge in [0.1, 0.15) is 28.5 Å². The molecular formula is C13H7FO4. The van der Waals surface area contributed by atoms with E-state index in [-0.39, 0.29) is 28.0 Å². The molecule has 2 heterocycles. The SMILES string of the molecule is O=c1oc2cc(F)ccc2c(O)c1-c1ccco1. The Labute approximate surface area is 99.9 Å². The van der Waals surface area contributed by atoms with Crippen LogP contribution in [0, 0.1) is 5.82 Å². The van der Waals surface area contributed by atoms with Gasteiger partial charge in [-0.2, -0.15) is 0 Å². The minimum Gasteiger partial charge on any atom is -0.506 e. The zero-order valence-electron chi connectivity index (χ0n) is 9.01. The predicted octanol–water partition coefficient (Wildman–Crippen LogP) is 2.90. The molecule has 0 saturated heterocycles. The Hall–Kier alpha value is -2.56. The summed E-state index contributed by atoms with van der Waals surface area (Å²) in [4.78, 5) is 11.8. The van der Waals surface area contributed by atoms with Gasteiger partial charge in [0.25, 0.3) is 0 Å². The highest BCUT2D eigenvalue weighted by Crippen LogP contribution is 2.33.